The average molecular weight is 361 g/mol. The van der Waals surface area contributed by atoms with Crippen molar-refractivity contribution in [3.05, 3.63) is 53.3 Å². The van der Waals surface area contributed by atoms with Crippen molar-refractivity contribution in [3.63, 3.8) is 0 Å². The highest BCUT2D eigenvalue weighted by atomic mass is 35.5. The molecular weight excluding hydrogens is 340 g/mol. The fourth-order valence-corrected chi connectivity index (χ4v) is 3.21. The van der Waals surface area contributed by atoms with Gasteiger partial charge in [-0.15, -0.1) is 0 Å². The summed E-state index contributed by atoms with van der Waals surface area (Å²) in [7, 11) is 1.63. The van der Waals surface area contributed by atoms with Crippen LogP contribution in [0.3, 0.4) is 0 Å². The molecule has 2 heterocycles. The molecule has 0 bridgehead atoms. The summed E-state index contributed by atoms with van der Waals surface area (Å²) in [5, 5.41) is 0.391. The summed E-state index contributed by atoms with van der Waals surface area (Å²) in [6.07, 6.45) is 5.09. The lowest BCUT2D eigenvalue weighted by molar-refractivity contribution is 0.0633. The predicted molar refractivity (Wildman–Crippen MR) is 96.4 cm³/mol. The lowest BCUT2D eigenvalue weighted by atomic mass is 9.98. The van der Waals surface area contributed by atoms with Gasteiger partial charge in [-0.25, -0.2) is 0 Å². The van der Waals surface area contributed by atoms with E-state index < -0.39 is 0 Å². The topological polar surface area (TPSA) is 51.7 Å². The predicted octanol–water partition coefficient (Wildman–Crippen LogP) is 3.67. The molecule has 0 aliphatic carbocycles. The molecule has 3 rings (SSSR count). The molecule has 5 nitrogen and oxygen atoms in total. The van der Waals surface area contributed by atoms with Crippen LogP contribution in [0.25, 0.3) is 0 Å². The van der Waals surface area contributed by atoms with Gasteiger partial charge < -0.3 is 14.4 Å². The molecule has 1 fully saturated rings. The molecule has 0 saturated carbocycles. The molecule has 0 spiro atoms. The Bertz CT molecular complexity index is 738. The molecule has 1 aliphatic rings. The van der Waals surface area contributed by atoms with Crippen molar-refractivity contribution in [1.82, 2.24) is 9.88 Å². The normalized spacial score (nSPS) is 17.2. The number of nitrogens with zero attached hydrogens (tertiary/aromatic N) is 2. The summed E-state index contributed by atoms with van der Waals surface area (Å²) in [5.74, 6) is 1.80. The highest BCUT2D eigenvalue weighted by Gasteiger charge is 2.26. The smallest absolute Gasteiger partial charge is 0.255 e. The van der Waals surface area contributed by atoms with E-state index in [1.807, 2.05) is 29.2 Å². The molecule has 25 heavy (non-hydrogen) atoms. The van der Waals surface area contributed by atoms with Gasteiger partial charge >= 0.3 is 0 Å². The third-order valence-electron chi connectivity index (χ3n) is 4.34. The highest BCUT2D eigenvalue weighted by Crippen LogP contribution is 2.24. The highest BCUT2D eigenvalue weighted by molar-refractivity contribution is 6.33. The van der Waals surface area contributed by atoms with Crippen molar-refractivity contribution in [3.8, 4) is 11.5 Å². The second-order valence-corrected chi connectivity index (χ2v) is 6.51. The van der Waals surface area contributed by atoms with E-state index >= 15 is 0 Å². The molecule has 1 aromatic carbocycles. The third kappa shape index (κ3) is 4.42. The Hall–Kier alpha value is -2.27. The largest absolute Gasteiger partial charge is 0.497 e. The second-order valence-electron chi connectivity index (χ2n) is 6.10. The van der Waals surface area contributed by atoms with Crippen LogP contribution in [0.5, 0.6) is 11.5 Å². The Balaban J connectivity index is 1.59. The maximum atomic E-state index is 12.7. The van der Waals surface area contributed by atoms with E-state index in [-0.39, 0.29) is 5.91 Å². The van der Waals surface area contributed by atoms with Crippen LogP contribution in [0.15, 0.2) is 42.7 Å². The fourth-order valence-electron chi connectivity index (χ4n) is 3.01. The van der Waals surface area contributed by atoms with Crippen molar-refractivity contribution in [2.75, 3.05) is 26.8 Å². The van der Waals surface area contributed by atoms with Crippen LogP contribution in [0, 0.1) is 5.92 Å². The molecule has 6 heteroatoms. The van der Waals surface area contributed by atoms with Crippen LogP contribution in [0.2, 0.25) is 5.02 Å². The zero-order valence-corrected chi connectivity index (χ0v) is 14.9. The lowest BCUT2D eigenvalue weighted by Crippen LogP contribution is -2.41. The molecule has 1 amide bonds. The summed E-state index contributed by atoms with van der Waals surface area (Å²) in [5.41, 5.74) is 0.506. The summed E-state index contributed by atoms with van der Waals surface area (Å²) in [4.78, 5) is 18.5. The van der Waals surface area contributed by atoms with Crippen LogP contribution in [-0.4, -0.2) is 42.6 Å². The van der Waals surface area contributed by atoms with Crippen molar-refractivity contribution < 1.29 is 14.3 Å². The van der Waals surface area contributed by atoms with E-state index in [1.54, 1.807) is 19.4 Å². The minimum Gasteiger partial charge on any atom is -0.497 e. The van der Waals surface area contributed by atoms with Crippen LogP contribution < -0.4 is 9.47 Å². The summed E-state index contributed by atoms with van der Waals surface area (Å²) >= 11 is 6.10. The maximum absolute atomic E-state index is 12.7. The Morgan fingerprint density at radius 1 is 1.36 bits per heavy atom. The van der Waals surface area contributed by atoms with Gasteiger partial charge in [0.05, 0.1) is 24.3 Å². The van der Waals surface area contributed by atoms with Crippen molar-refractivity contribution in [2.24, 2.45) is 5.92 Å². The number of halogens is 1. The fraction of sp³-hybridized carbons (Fsp3) is 0.368. The van der Waals surface area contributed by atoms with E-state index in [0.717, 1.165) is 30.9 Å². The third-order valence-corrected chi connectivity index (χ3v) is 4.64. The van der Waals surface area contributed by atoms with Crippen LogP contribution >= 0.6 is 11.6 Å². The Morgan fingerprint density at radius 2 is 2.20 bits per heavy atom. The number of hydrogen-bond acceptors (Lipinski definition) is 4. The molecule has 0 radical (unpaired) electrons. The zero-order valence-electron chi connectivity index (χ0n) is 14.2. The number of carbonyl (C=O) groups excluding carboxylic acids is 1. The molecule has 132 valence electrons. The minimum atomic E-state index is -0.0431. The molecule has 1 aliphatic heterocycles. The number of carbonyl (C=O) groups is 1. The van der Waals surface area contributed by atoms with Gasteiger partial charge in [0.2, 0.25) is 0 Å². The van der Waals surface area contributed by atoms with Crippen molar-refractivity contribution >= 4 is 17.5 Å². The number of ether oxygens (including phenoxy) is 2. The number of hydrogen-bond donors (Lipinski definition) is 0. The molecule has 2 aromatic rings. The lowest BCUT2D eigenvalue weighted by Gasteiger charge is -2.32. The summed E-state index contributed by atoms with van der Waals surface area (Å²) in [6, 6.07) is 9.22. The Morgan fingerprint density at radius 3 is 3.00 bits per heavy atom. The zero-order chi connectivity index (χ0) is 17.6. The number of likely N-dealkylation sites (tertiary alicyclic amines) is 1. The standard InChI is InChI=1S/C19H21ClN2O3/c1-24-15-5-2-6-16(10-15)25-13-14-4-3-9-22(12-14)19(23)17-7-8-21-11-18(17)20/h2,5-8,10-11,14H,3-4,9,12-13H2,1H3. The van der Waals surface area contributed by atoms with Gasteiger partial charge in [-0.3, -0.25) is 9.78 Å². The van der Waals surface area contributed by atoms with Gasteiger partial charge in [-0.2, -0.15) is 0 Å². The summed E-state index contributed by atoms with van der Waals surface area (Å²) in [6.45, 7) is 1.98. The van der Waals surface area contributed by atoms with Gasteiger partial charge in [0.1, 0.15) is 11.5 Å². The molecule has 1 unspecified atom stereocenters. The van der Waals surface area contributed by atoms with Crippen LogP contribution in [0.4, 0.5) is 0 Å². The van der Waals surface area contributed by atoms with E-state index in [1.165, 1.54) is 6.20 Å². The SMILES string of the molecule is COc1cccc(OCC2CCCN(C(=O)c3ccncc3Cl)C2)c1. The number of rotatable bonds is 5. The second kappa shape index (κ2) is 8.21. The molecule has 1 saturated heterocycles. The minimum absolute atomic E-state index is 0.0431. The Labute approximate surface area is 152 Å². The number of amides is 1. The first-order valence-corrected chi connectivity index (χ1v) is 8.71. The number of benzene rings is 1. The van der Waals surface area contributed by atoms with Gasteiger partial charge in [0.15, 0.2) is 0 Å². The molecule has 0 N–H and O–H groups in total. The quantitative estimate of drug-likeness (QED) is 0.816. The van der Waals surface area contributed by atoms with Gasteiger partial charge in [0, 0.05) is 37.5 Å². The van der Waals surface area contributed by atoms with Gasteiger partial charge in [-0.05, 0) is 31.0 Å². The maximum Gasteiger partial charge on any atom is 0.255 e. The molecule has 1 aromatic heterocycles. The first-order chi connectivity index (χ1) is 12.2. The average Bonchev–Trinajstić information content (AvgIpc) is 2.66. The first-order valence-electron chi connectivity index (χ1n) is 8.33. The van der Waals surface area contributed by atoms with Gasteiger partial charge in [0.25, 0.3) is 5.91 Å². The van der Waals surface area contributed by atoms with E-state index in [2.05, 4.69) is 4.98 Å². The number of piperidine rings is 1. The van der Waals surface area contributed by atoms with E-state index in [0.29, 0.717) is 29.7 Å². The number of aromatic nitrogens is 1. The number of methoxy groups -OCH3 is 1. The van der Waals surface area contributed by atoms with E-state index in [9.17, 15) is 4.79 Å². The van der Waals surface area contributed by atoms with Gasteiger partial charge in [-0.1, -0.05) is 17.7 Å². The van der Waals surface area contributed by atoms with Crippen LogP contribution in [-0.2, 0) is 0 Å². The monoisotopic (exact) mass is 360 g/mol. The van der Waals surface area contributed by atoms with E-state index in [4.69, 9.17) is 21.1 Å². The van der Waals surface area contributed by atoms with Crippen molar-refractivity contribution in [1.29, 1.82) is 0 Å². The molecular formula is C19H21ClN2O3. The first kappa shape index (κ1) is 17.5. The van der Waals surface area contributed by atoms with Crippen LogP contribution in [0.1, 0.15) is 23.2 Å². The molecule has 1 atom stereocenters. The number of pyridine rings is 1. The summed E-state index contributed by atoms with van der Waals surface area (Å²) < 4.78 is 11.1. The van der Waals surface area contributed by atoms with Crippen molar-refractivity contribution in [2.45, 2.75) is 12.8 Å². The Kier molecular flexibility index (Phi) is 5.76.